The Hall–Kier alpha value is -1.69. The summed E-state index contributed by atoms with van der Waals surface area (Å²) >= 11 is 0. The van der Waals surface area contributed by atoms with Crippen molar-refractivity contribution in [3.8, 4) is 0 Å². The molecule has 5 heteroatoms. The maximum absolute atomic E-state index is 10.4. The quantitative estimate of drug-likeness (QED) is 0.344. The number of unbranched alkanes of at least 4 members (excludes halogenated alkanes) is 1. The first-order valence-corrected chi connectivity index (χ1v) is 9.65. The molecule has 0 aromatic carbocycles. The predicted octanol–water partition coefficient (Wildman–Crippen LogP) is 3.77. The number of rotatable bonds is 14. The molecule has 154 valence electrons. The standard InChI is InChI=1S/C22H36O5/c1-4-5-17-22(2,3)20(25)15-11-9-7-6-8-10-13-18(23)19(24)14-12-16-21(26)27/h6-11,13,15,18-20,23-25H,4-5,12,14,16-17H2,1-3H3,(H,26,27)/b8-6+,9-7+,13-10+,15-11+. The van der Waals surface area contributed by atoms with Gasteiger partial charge in [-0.15, -0.1) is 0 Å². The van der Waals surface area contributed by atoms with Gasteiger partial charge in [0.15, 0.2) is 0 Å². The number of allylic oxidation sites excluding steroid dienone is 6. The zero-order valence-corrected chi connectivity index (χ0v) is 16.8. The fourth-order valence-corrected chi connectivity index (χ4v) is 2.41. The molecule has 0 rings (SSSR count). The van der Waals surface area contributed by atoms with E-state index in [-0.39, 0.29) is 18.3 Å². The first-order valence-electron chi connectivity index (χ1n) is 9.65. The maximum Gasteiger partial charge on any atom is 0.303 e. The van der Waals surface area contributed by atoms with Crippen molar-refractivity contribution < 1.29 is 25.2 Å². The van der Waals surface area contributed by atoms with Gasteiger partial charge in [0, 0.05) is 6.42 Å². The fraction of sp³-hybridized carbons (Fsp3) is 0.591. The molecule has 0 saturated carbocycles. The molecule has 0 saturated heterocycles. The molecule has 0 fully saturated rings. The van der Waals surface area contributed by atoms with Crippen LogP contribution in [0.5, 0.6) is 0 Å². The van der Waals surface area contributed by atoms with E-state index >= 15 is 0 Å². The Bertz CT molecular complexity index is 517. The first-order chi connectivity index (χ1) is 12.7. The highest BCUT2D eigenvalue weighted by atomic mass is 16.4. The summed E-state index contributed by atoms with van der Waals surface area (Å²) in [5.41, 5.74) is -0.139. The molecule has 5 nitrogen and oxygen atoms in total. The van der Waals surface area contributed by atoms with Gasteiger partial charge in [0.25, 0.3) is 0 Å². The van der Waals surface area contributed by atoms with E-state index in [1.54, 1.807) is 24.3 Å². The lowest BCUT2D eigenvalue weighted by molar-refractivity contribution is -0.137. The molecule has 0 aromatic heterocycles. The van der Waals surface area contributed by atoms with Gasteiger partial charge >= 0.3 is 5.97 Å². The lowest BCUT2D eigenvalue weighted by Crippen LogP contribution is -2.27. The maximum atomic E-state index is 10.4. The summed E-state index contributed by atoms with van der Waals surface area (Å²) < 4.78 is 0. The predicted molar refractivity (Wildman–Crippen MR) is 109 cm³/mol. The third-order valence-electron chi connectivity index (χ3n) is 4.42. The zero-order valence-electron chi connectivity index (χ0n) is 16.8. The molecule has 0 aliphatic heterocycles. The Labute approximate surface area is 163 Å². The van der Waals surface area contributed by atoms with Crippen molar-refractivity contribution in [3.63, 3.8) is 0 Å². The van der Waals surface area contributed by atoms with Crippen molar-refractivity contribution in [1.29, 1.82) is 0 Å². The molecule has 3 unspecified atom stereocenters. The number of hydrogen-bond donors (Lipinski definition) is 4. The highest BCUT2D eigenvalue weighted by molar-refractivity contribution is 5.66. The molecule has 0 heterocycles. The average Bonchev–Trinajstić information content (AvgIpc) is 2.61. The van der Waals surface area contributed by atoms with Gasteiger partial charge in [0.1, 0.15) is 0 Å². The minimum absolute atomic E-state index is 0.0177. The van der Waals surface area contributed by atoms with Crippen LogP contribution < -0.4 is 0 Å². The molecule has 0 aliphatic rings. The summed E-state index contributed by atoms with van der Waals surface area (Å²) in [6.45, 7) is 6.27. The van der Waals surface area contributed by atoms with Gasteiger partial charge in [0.2, 0.25) is 0 Å². The Morgan fingerprint density at radius 3 is 2.04 bits per heavy atom. The molecular formula is C22H36O5. The van der Waals surface area contributed by atoms with Crippen LogP contribution in [-0.4, -0.2) is 44.7 Å². The number of carboxylic acid groups (broad SMARTS) is 1. The molecule has 0 spiro atoms. The van der Waals surface area contributed by atoms with Crippen LogP contribution in [0.3, 0.4) is 0 Å². The summed E-state index contributed by atoms with van der Waals surface area (Å²) in [5.74, 6) is -0.909. The smallest absolute Gasteiger partial charge is 0.303 e. The summed E-state index contributed by atoms with van der Waals surface area (Å²) in [5, 5.41) is 38.2. The van der Waals surface area contributed by atoms with Crippen LogP contribution in [0.4, 0.5) is 0 Å². The number of hydrogen-bond acceptors (Lipinski definition) is 4. The van der Waals surface area contributed by atoms with Gasteiger partial charge in [-0.2, -0.15) is 0 Å². The van der Waals surface area contributed by atoms with Gasteiger partial charge in [-0.3, -0.25) is 4.79 Å². The molecule has 0 aromatic rings. The van der Waals surface area contributed by atoms with E-state index in [0.717, 1.165) is 19.3 Å². The van der Waals surface area contributed by atoms with Gasteiger partial charge < -0.3 is 20.4 Å². The Morgan fingerprint density at radius 2 is 1.48 bits per heavy atom. The Kier molecular flexibility index (Phi) is 13.5. The van der Waals surface area contributed by atoms with Gasteiger partial charge in [-0.1, -0.05) is 82.2 Å². The normalized spacial score (nSPS) is 16.7. The zero-order chi connectivity index (χ0) is 20.7. The summed E-state index contributed by atoms with van der Waals surface area (Å²) in [6, 6.07) is 0. The molecule has 0 amide bonds. The average molecular weight is 381 g/mol. The van der Waals surface area contributed by atoms with E-state index in [1.807, 2.05) is 18.2 Å². The van der Waals surface area contributed by atoms with Crippen molar-refractivity contribution in [3.05, 3.63) is 48.6 Å². The van der Waals surface area contributed by atoms with Crippen LogP contribution in [0.25, 0.3) is 0 Å². The summed E-state index contributed by atoms with van der Waals surface area (Å²) in [6.07, 6.45) is 15.1. The first kappa shape index (κ1) is 25.3. The molecule has 4 N–H and O–H groups in total. The van der Waals surface area contributed by atoms with Gasteiger partial charge in [0.05, 0.1) is 18.3 Å². The van der Waals surface area contributed by atoms with E-state index in [0.29, 0.717) is 6.42 Å². The minimum atomic E-state index is -1.02. The Morgan fingerprint density at radius 1 is 0.926 bits per heavy atom. The van der Waals surface area contributed by atoms with E-state index in [1.165, 1.54) is 6.08 Å². The molecule has 0 radical (unpaired) electrons. The van der Waals surface area contributed by atoms with Crippen LogP contribution in [-0.2, 0) is 4.79 Å². The number of aliphatic hydroxyl groups excluding tert-OH is 3. The number of carbonyl (C=O) groups is 1. The van der Waals surface area contributed by atoms with Crippen LogP contribution in [0.2, 0.25) is 0 Å². The topological polar surface area (TPSA) is 98.0 Å². The van der Waals surface area contributed by atoms with Gasteiger partial charge in [-0.25, -0.2) is 0 Å². The highest BCUT2D eigenvalue weighted by Gasteiger charge is 2.24. The molecule has 27 heavy (non-hydrogen) atoms. The van der Waals surface area contributed by atoms with E-state index in [4.69, 9.17) is 5.11 Å². The molecule has 0 aliphatic carbocycles. The monoisotopic (exact) mass is 380 g/mol. The lowest BCUT2D eigenvalue weighted by atomic mass is 9.81. The van der Waals surface area contributed by atoms with Crippen LogP contribution in [0.1, 0.15) is 59.3 Å². The highest BCUT2D eigenvalue weighted by Crippen LogP contribution is 2.28. The minimum Gasteiger partial charge on any atom is -0.481 e. The van der Waals surface area contributed by atoms with E-state index in [2.05, 4.69) is 20.8 Å². The largest absolute Gasteiger partial charge is 0.481 e. The van der Waals surface area contributed by atoms with Crippen molar-refractivity contribution in [1.82, 2.24) is 0 Å². The second-order valence-corrected chi connectivity index (χ2v) is 7.42. The van der Waals surface area contributed by atoms with Crippen molar-refractivity contribution in [2.24, 2.45) is 5.41 Å². The molecule has 3 atom stereocenters. The lowest BCUT2D eigenvalue weighted by Gasteiger charge is -2.28. The molecular weight excluding hydrogens is 344 g/mol. The van der Waals surface area contributed by atoms with Crippen molar-refractivity contribution >= 4 is 5.97 Å². The third-order valence-corrected chi connectivity index (χ3v) is 4.42. The summed E-state index contributed by atoms with van der Waals surface area (Å²) in [7, 11) is 0. The molecule has 0 bridgehead atoms. The fourth-order valence-electron chi connectivity index (χ4n) is 2.41. The van der Waals surface area contributed by atoms with Crippen LogP contribution >= 0.6 is 0 Å². The van der Waals surface area contributed by atoms with Crippen molar-refractivity contribution in [2.45, 2.75) is 77.6 Å². The summed E-state index contributed by atoms with van der Waals surface area (Å²) in [4.78, 5) is 10.4. The van der Waals surface area contributed by atoms with Gasteiger partial charge in [-0.05, 0) is 24.7 Å². The SMILES string of the molecule is CCCCC(C)(C)C(O)/C=C/C=C/C=C/C=C/C(O)C(O)CCCC(=O)O. The second-order valence-electron chi connectivity index (χ2n) is 7.42. The van der Waals surface area contributed by atoms with E-state index in [9.17, 15) is 20.1 Å². The van der Waals surface area contributed by atoms with E-state index < -0.39 is 24.3 Å². The van der Waals surface area contributed by atoms with Crippen molar-refractivity contribution in [2.75, 3.05) is 0 Å². The Balaban J connectivity index is 4.22. The number of carboxylic acids is 1. The van der Waals surface area contributed by atoms with Crippen LogP contribution in [0, 0.1) is 5.41 Å². The third kappa shape index (κ3) is 13.2. The number of aliphatic carboxylic acids is 1. The number of aliphatic hydroxyl groups is 3. The van der Waals surface area contributed by atoms with Crippen LogP contribution in [0.15, 0.2) is 48.6 Å². The second kappa shape index (κ2) is 14.4.